The van der Waals surface area contributed by atoms with Crippen LogP contribution in [-0.4, -0.2) is 31.9 Å². The number of allylic oxidation sites excluding steroid dienone is 5. The van der Waals surface area contributed by atoms with Gasteiger partial charge in [0.1, 0.15) is 0 Å². The van der Waals surface area contributed by atoms with Crippen LogP contribution in [0.1, 0.15) is 78.1 Å². The Hall–Kier alpha value is -4.46. The number of nitrogens with zero attached hydrogens (tertiary/aromatic N) is 2. The smallest absolute Gasteiger partial charge is 0.550 e. The molecule has 0 aromatic carbocycles. The molecular weight excluding hydrogens is 583 g/mol. The summed E-state index contributed by atoms with van der Waals surface area (Å²) in [5, 5.41) is 22.8. The molecule has 8 bridgehead atoms. The second-order valence-electron chi connectivity index (χ2n) is 10.7. The molecule has 219 valence electrons. The monoisotopic (exact) mass is 615 g/mol. The standard InChI is InChI=1S/C34H34N4O4.Mn/c1-7-21-17(3)25-13-26-19(5)23(9-11-33(39)40)31(37-26)16-32-24(10-12-34(41)42)20(6)28(38-32)15-30-22(8-2)18(4)27(36-30)14-29(21)35-25;/h7-8,13-16,35,38H,1-2,9-12H2,3-6H3,(H,39,40)(H,41,42);/q;+2/p-2. The number of carboxylic acid groups (broad SMARTS) is 2. The molecule has 0 amide bonds. The summed E-state index contributed by atoms with van der Waals surface area (Å²) < 4.78 is 0. The molecule has 0 saturated carbocycles. The first-order valence-electron chi connectivity index (χ1n) is 13.8. The number of carbonyl (C=O) groups excluding carboxylic acids is 2. The molecule has 2 N–H and O–H groups in total. The Morgan fingerprint density at radius 2 is 1.26 bits per heavy atom. The van der Waals surface area contributed by atoms with E-state index in [2.05, 4.69) is 23.1 Å². The number of fused-ring (bicyclic) bond motifs is 8. The quantitative estimate of drug-likeness (QED) is 0.348. The number of aromatic nitrogens is 4. The summed E-state index contributed by atoms with van der Waals surface area (Å²) in [7, 11) is 0. The van der Waals surface area contributed by atoms with Crippen LogP contribution in [0.5, 0.6) is 0 Å². The predicted molar refractivity (Wildman–Crippen MR) is 163 cm³/mol. The van der Waals surface area contributed by atoms with Crippen molar-refractivity contribution in [3.63, 3.8) is 0 Å². The number of hydrogen-bond acceptors (Lipinski definition) is 6. The van der Waals surface area contributed by atoms with Crippen LogP contribution in [0.15, 0.2) is 43.5 Å². The molecule has 0 atom stereocenters. The Bertz CT molecular complexity index is 1920. The third kappa shape index (κ3) is 5.91. The Morgan fingerprint density at radius 1 is 0.721 bits per heavy atom. The fourth-order valence-corrected chi connectivity index (χ4v) is 5.76. The fraction of sp³-hybridized carbons (Fsp3) is 0.235. The third-order valence-corrected chi connectivity index (χ3v) is 8.20. The number of H-pyrrole nitrogens is 2. The normalized spacial score (nSPS) is 12.7. The van der Waals surface area contributed by atoms with E-state index in [-0.39, 0.29) is 42.8 Å². The molecule has 2 aliphatic heterocycles. The molecule has 8 nitrogen and oxygen atoms in total. The number of aliphatic carboxylic acids is 2. The van der Waals surface area contributed by atoms with Crippen LogP contribution in [0.3, 0.4) is 0 Å². The molecule has 0 unspecified atom stereocenters. The van der Waals surface area contributed by atoms with Crippen LogP contribution in [0.25, 0.3) is 50.4 Å². The van der Waals surface area contributed by atoms with E-state index in [1.54, 1.807) is 6.08 Å². The van der Waals surface area contributed by atoms with Gasteiger partial charge in [-0.15, -0.1) is 0 Å². The van der Waals surface area contributed by atoms with Crippen molar-refractivity contribution >= 4 is 62.4 Å². The van der Waals surface area contributed by atoms with Gasteiger partial charge in [-0.3, -0.25) is 0 Å². The van der Waals surface area contributed by atoms with Gasteiger partial charge in [-0.25, -0.2) is 9.97 Å². The van der Waals surface area contributed by atoms with Crippen molar-refractivity contribution in [2.24, 2.45) is 0 Å². The van der Waals surface area contributed by atoms with Gasteiger partial charge in [-0.2, -0.15) is 0 Å². The number of nitrogens with one attached hydrogen (secondary N) is 2. The number of carboxylic acids is 2. The molecule has 0 spiro atoms. The molecule has 0 saturated heterocycles. The van der Waals surface area contributed by atoms with E-state index in [9.17, 15) is 19.8 Å². The van der Waals surface area contributed by atoms with Crippen molar-refractivity contribution in [3.05, 3.63) is 88.5 Å². The molecule has 5 heterocycles. The Morgan fingerprint density at radius 3 is 1.91 bits per heavy atom. The van der Waals surface area contributed by atoms with Gasteiger partial charge in [0, 0.05) is 45.1 Å². The summed E-state index contributed by atoms with van der Waals surface area (Å²) >= 11 is 0. The van der Waals surface area contributed by atoms with E-state index < -0.39 is 11.9 Å². The van der Waals surface area contributed by atoms with Crippen LogP contribution >= 0.6 is 0 Å². The van der Waals surface area contributed by atoms with Crippen LogP contribution in [0.4, 0.5) is 0 Å². The molecule has 3 aromatic rings. The molecule has 43 heavy (non-hydrogen) atoms. The zero-order valence-electron chi connectivity index (χ0n) is 24.6. The number of aromatic amines is 2. The maximum absolute atomic E-state index is 11.4. The molecule has 0 fully saturated rings. The largest absolute Gasteiger partial charge is 2.00 e. The predicted octanol–water partition coefficient (Wildman–Crippen LogP) is 4.83. The minimum Gasteiger partial charge on any atom is -0.550 e. The maximum Gasteiger partial charge on any atom is 2.00 e. The van der Waals surface area contributed by atoms with Crippen molar-refractivity contribution in [1.82, 2.24) is 19.9 Å². The molecule has 0 aliphatic carbocycles. The summed E-state index contributed by atoms with van der Waals surface area (Å²) in [4.78, 5) is 39.7. The zero-order valence-corrected chi connectivity index (χ0v) is 25.8. The van der Waals surface area contributed by atoms with Gasteiger partial charge in [0.15, 0.2) is 0 Å². The Kier molecular flexibility index (Phi) is 9.09. The van der Waals surface area contributed by atoms with E-state index in [1.807, 2.05) is 58.0 Å². The first-order chi connectivity index (χ1) is 20.0. The fourth-order valence-electron chi connectivity index (χ4n) is 5.76. The van der Waals surface area contributed by atoms with Gasteiger partial charge in [-0.05, 0) is 111 Å². The van der Waals surface area contributed by atoms with E-state index in [0.29, 0.717) is 16.9 Å². The summed E-state index contributed by atoms with van der Waals surface area (Å²) in [5.41, 5.74) is 13.3. The zero-order chi connectivity index (χ0) is 30.3. The SMILES string of the molecule is C=CC1=C(C)c2cc3[nH]c(cc4nc(cc5[nH]c(cc1n2)c(C)c5CCC(=O)[O-])C(CCC(=O)[O-])=C4C)c(C)c3C=C.[Mn+2]. The minimum absolute atomic E-state index is 0. The average molecular weight is 616 g/mol. The second-order valence-corrected chi connectivity index (χ2v) is 10.7. The summed E-state index contributed by atoms with van der Waals surface area (Å²) in [6.45, 7) is 15.9. The van der Waals surface area contributed by atoms with Crippen molar-refractivity contribution in [2.45, 2.75) is 53.4 Å². The van der Waals surface area contributed by atoms with Crippen molar-refractivity contribution in [3.8, 4) is 0 Å². The topological polar surface area (TPSA) is 138 Å². The molecule has 5 rings (SSSR count). The maximum atomic E-state index is 11.4. The van der Waals surface area contributed by atoms with Gasteiger partial charge >= 0.3 is 17.1 Å². The van der Waals surface area contributed by atoms with Gasteiger partial charge in [-0.1, -0.05) is 25.3 Å². The number of aryl methyl sites for hydroxylation is 3. The number of carbonyl (C=O) groups is 2. The molecule has 2 aliphatic rings. The Labute approximate surface area is 260 Å². The molecule has 3 aromatic heterocycles. The molecular formula is C34H32MnN4O4. The van der Waals surface area contributed by atoms with Crippen LogP contribution in [0.2, 0.25) is 0 Å². The first kappa shape index (κ1) is 31.5. The summed E-state index contributed by atoms with van der Waals surface area (Å²) in [6.07, 6.45) is 3.81. The van der Waals surface area contributed by atoms with Crippen molar-refractivity contribution < 1.29 is 36.9 Å². The minimum atomic E-state index is -1.14. The number of rotatable bonds is 8. The summed E-state index contributed by atoms with van der Waals surface area (Å²) in [6, 6.07) is 7.78. The van der Waals surface area contributed by atoms with Gasteiger partial charge in [0.2, 0.25) is 0 Å². The molecule has 9 heteroatoms. The summed E-state index contributed by atoms with van der Waals surface area (Å²) in [5.74, 6) is -2.28. The molecule has 1 radical (unpaired) electrons. The van der Waals surface area contributed by atoms with Crippen LogP contribution in [-0.2, 0) is 33.1 Å². The van der Waals surface area contributed by atoms with Gasteiger partial charge < -0.3 is 29.8 Å². The van der Waals surface area contributed by atoms with Gasteiger partial charge in [0.25, 0.3) is 0 Å². The van der Waals surface area contributed by atoms with E-state index in [1.165, 1.54) is 0 Å². The second kappa shape index (κ2) is 12.4. The van der Waals surface area contributed by atoms with Crippen LogP contribution in [0, 0.1) is 13.8 Å². The number of hydrogen-bond donors (Lipinski definition) is 2. The first-order valence-corrected chi connectivity index (χ1v) is 13.8. The van der Waals surface area contributed by atoms with E-state index in [0.717, 1.165) is 72.5 Å². The van der Waals surface area contributed by atoms with Gasteiger partial charge in [0.05, 0.1) is 22.8 Å². The Balaban J connectivity index is 0.00000423. The van der Waals surface area contributed by atoms with Crippen molar-refractivity contribution in [1.29, 1.82) is 0 Å². The van der Waals surface area contributed by atoms with E-state index >= 15 is 0 Å². The van der Waals surface area contributed by atoms with E-state index in [4.69, 9.17) is 9.97 Å². The van der Waals surface area contributed by atoms with Crippen LogP contribution < -0.4 is 10.2 Å². The third-order valence-electron chi connectivity index (χ3n) is 8.20. The van der Waals surface area contributed by atoms with Crippen molar-refractivity contribution in [2.75, 3.05) is 0 Å². The average Bonchev–Trinajstić information content (AvgIpc) is 3.59.